The molecule has 20 nitrogen and oxygen atoms in total. The third kappa shape index (κ3) is 45.5. The smallest absolute Gasteiger partial charge is 0.242 e. The summed E-state index contributed by atoms with van der Waals surface area (Å²) in [5.41, 5.74) is 1.03. The van der Waals surface area contributed by atoms with Crippen molar-refractivity contribution in [3.8, 4) is 0 Å². The van der Waals surface area contributed by atoms with Crippen molar-refractivity contribution < 1.29 is 19.1 Å². The van der Waals surface area contributed by atoms with Gasteiger partial charge in [0.2, 0.25) is 11.8 Å². The van der Waals surface area contributed by atoms with Crippen molar-refractivity contribution in [3.63, 3.8) is 0 Å². The number of carbonyl (C=O) groups excluding carboxylic acids is 2. The molecule has 0 spiro atoms. The lowest BCUT2D eigenvalue weighted by Gasteiger charge is -2.48. The number of morpholine rings is 2. The molecule has 0 saturated carbocycles. The zero-order valence-corrected chi connectivity index (χ0v) is 89.9. The Hall–Kier alpha value is -1.70. The second kappa shape index (κ2) is 59.0. The van der Waals surface area contributed by atoms with Gasteiger partial charge in [0.25, 0.3) is 0 Å². The third-order valence-electron chi connectivity index (χ3n) is 28.4. The fourth-order valence-corrected chi connectivity index (χ4v) is 20.2. The number of likely N-dealkylation sites (tertiary alicyclic amines) is 4. The molecule has 11 fully saturated rings. The van der Waals surface area contributed by atoms with Crippen molar-refractivity contribution in [1.29, 1.82) is 0 Å². The number of amides is 2. The van der Waals surface area contributed by atoms with Crippen LogP contribution in [-0.4, -0.2) is 408 Å². The first kappa shape index (κ1) is 121. The summed E-state index contributed by atoms with van der Waals surface area (Å²) in [6.07, 6.45) is 14.9. The second-order valence-electron chi connectivity index (χ2n) is 45.4. The Labute approximate surface area is 769 Å². The second-order valence-corrected chi connectivity index (χ2v) is 45.4. The van der Waals surface area contributed by atoms with E-state index in [2.05, 4.69) is 339 Å². The SMILES string of the molecule is C.CC(C)N1CC(=O)N(C)CC1(C)C.CC(C)N1CCCCC1(C)C.CC(C)N1CCCCC1(C)C.CC(C)N1CCC[C@@H](C)C1.CC(C)N1CCC[C@H](C)C1.CC(C)N1CCN(C)C(=O)C1(C)C.CC(C)N1CCN(C)CC1(C)C.CC(C)N1CCN(C)[C@@H](C)C1.CC(C)N1CCN(C)[C@H](C)C1.CC(C)N1CCO[C@@H](C)C1.CC(C)N1CCO[C@H](C)C1. The van der Waals surface area contributed by atoms with E-state index in [1.807, 2.05) is 37.7 Å². The molecule has 11 saturated heterocycles. The molecule has 11 aliphatic rings. The Bertz CT molecular complexity index is 2530. The lowest BCUT2D eigenvalue weighted by molar-refractivity contribution is -0.148. The van der Waals surface area contributed by atoms with Crippen molar-refractivity contribution in [2.45, 2.75) is 453 Å². The Kier molecular flexibility index (Phi) is 58.2. The molecular weight excluding hydrogens is 1530 g/mol. The van der Waals surface area contributed by atoms with Gasteiger partial charge in [0.15, 0.2) is 0 Å². The molecule has 0 aromatic rings. The average molecular weight is 1750 g/mol. The van der Waals surface area contributed by atoms with Crippen molar-refractivity contribution in [3.05, 3.63) is 0 Å². The monoisotopic (exact) mass is 1750 g/mol. The summed E-state index contributed by atoms with van der Waals surface area (Å²) >= 11 is 0. The summed E-state index contributed by atoms with van der Waals surface area (Å²) in [6.45, 7) is 114. The van der Waals surface area contributed by atoms with Crippen LogP contribution in [-0.2, 0) is 19.1 Å². The van der Waals surface area contributed by atoms with E-state index in [-0.39, 0.29) is 30.3 Å². The number of hydrogen-bond acceptors (Lipinski definition) is 18. The van der Waals surface area contributed by atoms with Gasteiger partial charge in [-0.1, -0.05) is 34.1 Å². The third-order valence-corrected chi connectivity index (χ3v) is 28.4. The molecule has 0 aliphatic carbocycles. The maximum absolute atomic E-state index is 11.8. The van der Waals surface area contributed by atoms with Gasteiger partial charge in [0.1, 0.15) is 0 Å². The topological polar surface area (TPSA) is 104 Å². The number of piperazine rings is 5. The maximum atomic E-state index is 11.8. The first-order valence-electron chi connectivity index (χ1n) is 50.3. The predicted octanol–water partition coefficient (Wildman–Crippen LogP) is 17.8. The minimum atomic E-state index is -0.332. The minimum absolute atomic E-state index is 0. The number of piperidine rings is 4. The average Bonchev–Trinajstić information content (AvgIpc) is 0.817. The largest absolute Gasteiger partial charge is 0.376 e. The summed E-state index contributed by atoms with van der Waals surface area (Å²) in [5.74, 6) is 2.31. The summed E-state index contributed by atoms with van der Waals surface area (Å²) < 4.78 is 10.8. The van der Waals surface area contributed by atoms with E-state index in [1.165, 1.54) is 162 Å². The van der Waals surface area contributed by atoms with Gasteiger partial charge in [-0.25, -0.2) is 0 Å². The number of hydrogen-bond donors (Lipinski definition) is 0. The van der Waals surface area contributed by atoms with Gasteiger partial charge in [-0.3, -0.25) is 53.7 Å². The number of nitrogens with zero attached hydrogens (tertiary/aromatic N) is 16. The Morgan fingerprint density at radius 2 is 0.618 bits per heavy atom. The minimum Gasteiger partial charge on any atom is -0.376 e. The summed E-state index contributed by atoms with van der Waals surface area (Å²) in [6, 6.07) is 8.71. The fraction of sp³-hybridized carbons (Fsp3) is 0.981. The molecule has 11 heterocycles. The van der Waals surface area contributed by atoms with E-state index in [4.69, 9.17) is 9.47 Å². The van der Waals surface area contributed by atoms with Gasteiger partial charge in [0.05, 0.1) is 37.5 Å². The van der Waals surface area contributed by atoms with Crippen LogP contribution in [0.4, 0.5) is 0 Å². The molecule has 736 valence electrons. The molecule has 0 bridgehead atoms. The standard InChI is InChI=1S/2C10H20N2O.C10H22N2.2C10H21N.2C9H20N2.2C9H19N.2C8H17NO.CH4/c1-8(2)12-6-9(13)11(5)7-10(12,3)4;1-8(2)12-7-6-11(5)9(13)10(12,3)4;1-9(2)12-7-6-11(5)8-10(12,3)4;2*1-9(2)11-8-6-5-7-10(11,3)4;2*1-8(2)11-6-5-10(4)9(3)7-11;2*1-8(2)10-6-4-5-9(3)7-10;2*1-7(2)9-4-5-10-8(3)6-9;/h2*8H,6-7H2,1-5H3;9H,6-8H2,1-5H3;2*9H,5-8H2,1-4H3;2*8-9H,5-7H2,1-4H3;2*8-9H,4-7H2,1-3H3;2*7-8H,4-6H2,1-3H3;1H4/t;;;;;4*9-;2*8-;/m.....101010./s1. The highest BCUT2D eigenvalue weighted by Crippen LogP contribution is 2.32. The molecule has 0 unspecified atom stereocenters. The van der Waals surface area contributed by atoms with Crippen LogP contribution in [0.25, 0.3) is 0 Å². The quantitative estimate of drug-likeness (QED) is 0.196. The van der Waals surface area contributed by atoms with Gasteiger partial charge in [-0.2, -0.15) is 0 Å². The van der Waals surface area contributed by atoms with Crippen LogP contribution in [0.5, 0.6) is 0 Å². The normalized spacial score (nSPS) is 27.2. The van der Waals surface area contributed by atoms with E-state index in [0.29, 0.717) is 89.7 Å². The highest BCUT2D eigenvalue weighted by molar-refractivity contribution is 5.86. The number of carbonyl (C=O) groups is 2. The lowest BCUT2D eigenvalue weighted by atomic mass is 9.89. The van der Waals surface area contributed by atoms with Crippen LogP contribution in [0.2, 0.25) is 0 Å². The fourth-order valence-electron chi connectivity index (χ4n) is 20.2. The van der Waals surface area contributed by atoms with Crippen LogP contribution in [0.1, 0.15) is 335 Å². The molecule has 123 heavy (non-hydrogen) atoms. The van der Waals surface area contributed by atoms with Crippen LogP contribution in [0, 0.1) is 11.8 Å². The molecule has 11 rings (SSSR count). The van der Waals surface area contributed by atoms with Crippen LogP contribution >= 0.6 is 0 Å². The molecule has 6 atom stereocenters. The molecule has 2 amide bonds. The molecular formula is C103H220N16O4. The van der Waals surface area contributed by atoms with Gasteiger partial charge in [-0.15, -0.1) is 0 Å². The molecule has 20 heteroatoms. The first-order valence-corrected chi connectivity index (χ1v) is 50.3. The summed E-state index contributed by atoms with van der Waals surface area (Å²) in [4.78, 5) is 61.7. The molecule has 0 radical (unpaired) electrons. The molecule has 0 aromatic carbocycles. The van der Waals surface area contributed by atoms with E-state index in [1.54, 1.807) is 0 Å². The van der Waals surface area contributed by atoms with Crippen molar-refractivity contribution >= 4 is 11.8 Å². The van der Waals surface area contributed by atoms with Gasteiger partial charge < -0.3 is 43.8 Å². The van der Waals surface area contributed by atoms with E-state index >= 15 is 0 Å². The zero-order chi connectivity index (χ0) is 93.9. The Balaban J connectivity index is 0.00000133. The number of ether oxygens (including phenoxy) is 2. The predicted molar refractivity (Wildman–Crippen MR) is 539 cm³/mol. The van der Waals surface area contributed by atoms with Crippen molar-refractivity contribution in [1.82, 2.24) is 78.4 Å². The highest BCUT2D eigenvalue weighted by atomic mass is 16.5. The van der Waals surface area contributed by atoms with Crippen LogP contribution in [0.3, 0.4) is 0 Å². The van der Waals surface area contributed by atoms with Gasteiger partial charge in [-0.05, 0) is 360 Å². The maximum Gasteiger partial charge on any atom is 0.242 e. The van der Waals surface area contributed by atoms with Crippen LogP contribution < -0.4 is 0 Å². The molecule has 11 aliphatic heterocycles. The van der Waals surface area contributed by atoms with E-state index in [9.17, 15) is 9.59 Å². The Morgan fingerprint density at radius 1 is 0.301 bits per heavy atom. The van der Waals surface area contributed by atoms with Crippen LogP contribution in [0.15, 0.2) is 0 Å². The molecule has 0 N–H and O–H groups in total. The lowest BCUT2D eigenvalue weighted by Crippen LogP contribution is -2.63. The number of likely N-dealkylation sites (N-methyl/N-ethyl adjacent to an activating group) is 5. The van der Waals surface area contributed by atoms with Gasteiger partial charge >= 0.3 is 0 Å². The molecule has 0 aromatic heterocycles. The van der Waals surface area contributed by atoms with E-state index in [0.717, 1.165) is 95.0 Å². The Morgan fingerprint density at radius 3 is 0.894 bits per heavy atom. The highest BCUT2D eigenvalue weighted by Gasteiger charge is 2.42. The van der Waals surface area contributed by atoms with Crippen molar-refractivity contribution in [2.24, 2.45) is 11.8 Å². The first-order chi connectivity index (χ1) is 56.2. The van der Waals surface area contributed by atoms with Crippen molar-refractivity contribution in [2.75, 3.05) is 199 Å². The van der Waals surface area contributed by atoms with Gasteiger partial charge in [0, 0.05) is 233 Å². The van der Waals surface area contributed by atoms with E-state index < -0.39 is 0 Å². The zero-order valence-electron chi connectivity index (χ0n) is 89.9. The number of rotatable bonds is 11. The summed E-state index contributed by atoms with van der Waals surface area (Å²) in [5, 5.41) is 0. The summed E-state index contributed by atoms with van der Waals surface area (Å²) in [7, 11) is 10.4.